The monoisotopic (exact) mass is 381 g/mol. The summed E-state index contributed by atoms with van der Waals surface area (Å²) in [4.78, 5) is 0.292. The number of sulfonamides is 1. The topological polar surface area (TPSA) is 65.1 Å². The van der Waals surface area contributed by atoms with Crippen molar-refractivity contribution >= 4 is 22.6 Å². The van der Waals surface area contributed by atoms with Gasteiger partial charge in [-0.1, -0.05) is 12.1 Å². The molecule has 8 heteroatoms. The van der Waals surface area contributed by atoms with Crippen molar-refractivity contribution in [2.75, 3.05) is 20.3 Å². The molecule has 1 atom stereocenters. The summed E-state index contributed by atoms with van der Waals surface area (Å²) >= 11 is 0. The molecule has 0 amide bonds. The molecule has 1 aromatic rings. The summed E-state index contributed by atoms with van der Waals surface area (Å²) in [6, 6.07) is 6.73. The number of benzene rings is 1. The molecule has 2 aliphatic heterocycles. The first-order chi connectivity index (χ1) is 12.1. The highest BCUT2D eigenvalue weighted by atomic mass is 32.2. The van der Waals surface area contributed by atoms with Gasteiger partial charge in [-0.25, -0.2) is 8.42 Å². The molecule has 1 unspecified atom stereocenters. The maximum absolute atomic E-state index is 13.0. The quantitative estimate of drug-likeness (QED) is 0.728. The molecule has 0 aromatic heterocycles. The van der Waals surface area contributed by atoms with Crippen molar-refractivity contribution in [3.05, 3.63) is 24.3 Å². The van der Waals surface area contributed by atoms with E-state index in [1.165, 1.54) is 0 Å². The molecule has 144 valence electrons. The number of ether oxygens (including phenoxy) is 1. The van der Waals surface area contributed by atoms with Gasteiger partial charge in [0.05, 0.1) is 22.7 Å². The van der Waals surface area contributed by atoms with E-state index in [1.54, 1.807) is 35.7 Å². The van der Waals surface area contributed by atoms with Crippen LogP contribution < -0.4 is 5.46 Å². The van der Waals surface area contributed by atoms with Gasteiger partial charge in [0.2, 0.25) is 10.0 Å². The lowest BCUT2D eigenvalue weighted by atomic mass is 9.79. The average Bonchev–Trinajstić information content (AvgIpc) is 3.11. The van der Waals surface area contributed by atoms with E-state index in [1.807, 2.05) is 27.7 Å². The lowest BCUT2D eigenvalue weighted by molar-refractivity contribution is 0.00578. The number of hydrogen-bond donors (Lipinski definition) is 0. The minimum absolute atomic E-state index is 0.0900. The normalized spacial score (nSPS) is 25.7. The van der Waals surface area contributed by atoms with Gasteiger partial charge in [0.25, 0.3) is 0 Å². The maximum Gasteiger partial charge on any atom is 0.494 e. The van der Waals surface area contributed by atoms with Gasteiger partial charge in [-0.2, -0.15) is 4.31 Å². The zero-order valence-corrected chi connectivity index (χ0v) is 17.0. The molecule has 3 rings (SSSR count). The first-order valence-corrected chi connectivity index (χ1v) is 10.5. The van der Waals surface area contributed by atoms with E-state index < -0.39 is 28.3 Å². The van der Waals surface area contributed by atoms with Crippen molar-refractivity contribution in [2.45, 2.75) is 62.7 Å². The first-order valence-electron chi connectivity index (χ1n) is 9.05. The molecule has 0 N–H and O–H groups in total. The third kappa shape index (κ3) is 3.45. The molecule has 2 fully saturated rings. The van der Waals surface area contributed by atoms with E-state index in [9.17, 15) is 8.42 Å². The van der Waals surface area contributed by atoms with Gasteiger partial charge in [-0.3, -0.25) is 0 Å². The lowest BCUT2D eigenvalue weighted by Gasteiger charge is -2.32. The van der Waals surface area contributed by atoms with Crippen molar-refractivity contribution < 1.29 is 22.5 Å². The Labute approximate surface area is 157 Å². The van der Waals surface area contributed by atoms with Crippen LogP contribution in [0.15, 0.2) is 29.2 Å². The molecule has 6 nitrogen and oxygen atoms in total. The highest BCUT2D eigenvalue weighted by molar-refractivity contribution is 7.89. The largest absolute Gasteiger partial charge is 0.494 e. The van der Waals surface area contributed by atoms with Crippen LogP contribution in [0.3, 0.4) is 0 Å². The van der Waals surface area contributed by atoms with E-state index in [2.05, 4.69) is 0 Å². The number of methoxy groups -OCH3 is 1. The van der Waals surface area contributed by atoms with Crippen LogP contribution in [0.5, 0.6) is 0 Å². The SMILES string of the molecule is COCC1CCCN1S(=O)(=O)c1ccc(B2OC(C)(C)C(C)(C)O2)cc1. The van der Waals surface area contributed by atoms with Gasteiger partial charge in [-0.05, 0) is 58.1 Å². The van der Waals surface area contributed by atoms with Crippen molar-refractivity contribution in [3.8, 4) is 0 Å². The van der Waals surface area contributed by atoms with Gasteiger partial charge in [0.15, 0.2) is 0 Å². The van der Waals surface area contributed by atoms with Gasteiger partial charge in [-0.15, -0.1) is 0 Å². The highest BCUT2D eigenvalue weighted by Crippen LogP contribution is 2.36. The molecule has 2 aliphatic rings. The van der Waals surface area contributed by atoms with Crippen LogP contribution >= 0.6 is 0 Å². The van der Waals surface area contributed by atoms with Crippen LogP contribution in [0.1, 0.15) is 40.5 Å². The Morgan fingerprint density at radius 3 is 2.27 bits per heavy atom. The van der Waals surface area contributed by atoms with Crippen LogP contribution in [0.25, 0.3) is 0 Å². The van der Waals surface area contributed by atoms with E-state index in [0.717, 1.165) is 18.3 Å². The van der Waals surface area contributed by atoms with Gasteiger partial charge in [0, 0.05) is 19.7 Å². The summed E-state index contributed by atoms with van der Waals surface area (Å²) in [5.41, 5.74) is -0.0334. The number of nitrogens with zero attached hydrogens (tertiary/aromatic N) is 1. The fourth-order valence-corrected chi connectivity index (χ4v) is 5.08. The summed E-state index contributed by atoms with van der Waals surface area (Å²) in [7, 11) is -2.42. The Hall–Kier alpha value is -0.925. The van der Waals surface area contributed by atoms with E-state index in [0.29, 0.717) is 18.0 Å². The molecule has 0 bridgehead atoms. The second-order valence-corrected chi connectivity index (χ2v) is 9.91. The summed E-state index contributed by atoms with van der Waals surface area (Å²) < 4.78 is 44.7. The standard InChI is InChI=1S/C18H28BNO5S/c1-17(2)18(3,4)25-19(24-17)14-8-10-16(11-9-14)26(21,22)20-12-6-7-15(20)13-23-5/h8-11,15H,6-7,12-13H2,1-5H3. The molecule has 2 saturated heterocycles. The smallest absolute Gasteiger partial charge is 0.399 e. The fourth-order valence-electron chi connectivity index (χ4n) is 3.40. The van der Waals surface area contributed by atoms with Crippen LogP contribution in [0.2, 0.25) is 0 Å². The molecule has 0 spiro atoms. The molecule has 0 saturated carbocycles. The predicted octanol–water partition coefficient (Wildman–Crippen LogP) is 1.79. The molecule has 26 heavy (non-hydrogen) atoms. The summed E-state index contributed by atoms with van der Waals surface area (Å²) in [6.07, 6.45) is 1.69. The predicted molar refractivity (Wildman–Crippen MR) is 101 cm³/mol. The van der Waals surface area contributed by atoms with E-state index in [4.69, 9.17) is 14.0 Å². The Bertz CT molecular complexity index is 731. The maximum atomic E-state index is 13.0. The van der Waals surface area contributed by atoms with Crippen LogP contribution in [0.4, 0.5) is 0 Å². The van der Waals surface area contributed by atoms with Crippen LogP contribution in [-0.4, -0.2) is 57.3 Å². The number of hydrogen-bond acceptors (Lipinski definition) is 5. The molecule has 0 aliphatic carbocycles. The zero-order valence-electron chi connectivity index (χ0n) is 16.2. The van der Waals surface area contributed by atoms with E-state index in [-0.39, 0.29) is 6.04 Å². The second kappa shape index (κ2) is 6.91. The zero-order chi connectivity index (χ0) is 19.2. The molecule has 1 aromatic carbocycles. The summed E-state index contributed by atoms with van der Waals surface area (Å²) in [5.74, 6) is 0. The first kappa shape index (κ1) is 19.8. The van der Waals surface area contributed by atoms with Gasteiger partial charge < -0.3 is 14.0 Å². The highest BCUT2D eigenvalue weighted by Gasteiger charge is 2.51. The molecule has 0 radical (unpaired) electrons. The Morgan fingerprint density at radius 2 is 1.73 bits per heavy atom. The van der Waals surface area contributed by atoms with Gasteiger partial charge in [0.1, 0.15) is 0 Å². The summed E-state index contributed by atoms with van der Waals surface area (Å²) in [5, 5.41) is 0. The van der Waals surface area contributed by atoms with Gasteiger partial charge >= 0.3 is 7.12 Å². The van der Waals surface area contributed by atoms with Crippen molar-refractivity contribution in [1.29, 1.82) is 0 Å². The second-order valence-electron chi connectivity index (χ2n) is 8.02. The average molecular weight is 381 g/mol. The lowest BCUT2D eigenvalue weighted by Crippen LogP contribution is -2.41. The molecule has 2 heterocycles. The van der Waals surface area contributed by atoms with E-state index >= 15 is 0 Å². The Morgan fingerprint density at radius 1 is 1.15 bits per heavy atom. The summed E-state index contributed by atoms with van der Waals surface area (Å²) in [6.45, 7) is 8.94. The molecular formula is C18H28BNO5S. The number of rotatable bonds is 5. The van der Waals surface area contributed by atoms with Crippen molar-refractivity contribution in [1.82, 2.24) is 4.31 Å². The minimum Gasteiger partial charge on any atom is -0.399 e. The Kier molecular flexibility index (Phi) is 5.27. The fraction of sp³-hybridized carbons (Fsp3) is 0.667. The third-order valence-corrected chi connectivity index (χ3v) is 7.66. The minimum atomic E-state index is -3.52. The van der Waals surface area contributed by atoms with Crippen LogP contribution in [0, 0.1) is 0 Å². The van der Waals surface area contributed by atoms with Crippen molar-refractivity contribution in [2.24, 2.45) is 0 Å². The molecular weight excluding hydrogens is 353 g/mol. The third-order valence-electron chi connectivity index (χ3n) is 5.69. The van der Waals surface area contributed by atoms with Crippen LogP contribution in [-0.2, 0) is 24.1 Å². The van der Waals surface area contributed by atoms with Crippen molar-refractivity contribution in [3.63, 3.8) is 0 Å². The Balaban J connectivity index is 1.80.